The smallest absolute Gasteiger partial charge is 0.277 e. The first-order chi connectivity index (χ1) is 8.00. The third-order valence-corrected chi connectivity index (χ3v) is 2.74. The number of H-pyrrole nitrogens is 1. The zero-order chi connectivity index (χ0) is 12.6. The molecule has 0 bridgehead atoms. The number of hydrogen-bond donors (Lipinski definition) is 1. The number of carbonyl (C=O) groups excluding carboxylic acids is 1. The predicted molar refractivity (Wildman–Crippen MR) is 65.4 cm³/mol. The lowest BCUT2D eigenvalue weighted by Crippen LogP contribution is -2.19. The highest BCUT2D eigenvalue weighted by Gasteiger charge is 2.18. The van der Waals surface area contributed by atoms with Crippen LogP contribution in [-0.4, -0.2) is 15.6 Å². The van der Waals surface area contributed by atoms with Crippen LogP contribution in [0.2, 0.25) is 0 Å². The Morgan fingerprint density at radius 2 is 2.00 bits per heavy atom. The van der Waals surface area contributed by atoms with Crippen molar-refractivity contribution in [1.82, 2.24) is 9.78 Å². The number of aromatic amines is 1. The molecule has 4 heteroatoms. The lowest BCUT2D eigenvalue weighted by Gasteiger charge is -1.99. The van der Waals surface area contributed by atoms with Gasteiger partial charge in [-0.25, -0.2) is 0 Å². The summed E-state index contributed by atoms with van der Waals surface area (Å²) in [7, 11) is 1.60. The van der Waals surface area contributed by atoms with Crippen LogP contribution in [0.4, 0.5) is 0 Å². The molecule has 0 aliphatic carbocycles. The maximum Gasteiger partial charge on any atom is 0.277 e. The van der Waals surface area contributed by atoms with E-state index >= 15 is 0 Å². The third-order valence-electron chi connectivity index (χ3n) is 2.74. The second-order valence-corrected chi connectivity index (χ2v) is 4.17. The third kappa shape index (κ3) is 1.93. The first-order valence-corrected chi connectivity index (χ1v) is 5.37. The summed E-state index contributed by atoms with van der Waals surface area (Å²) in [4.78, 5) is 24.0. The Labute approximate surface area is 98.9 Å². The molecule has 0 unspecified atom stereocenters. The summed E-state index contributed by atoms with van der Waals surface area (Å²) < 4.78 is 1.32. The summed E-state index contributed by atoms with van der Waals surface area (Å²) in [5.41, 5.74) is 2.08. The Bertz CT molecular complexity index is 635. The topological polar surface area (TPSA) is 54.9 Å². The molecule has 17 heavy (non-hydrogen) atoms. The highest BCUT2D eigenvalue weighted by Crippen LogP contribution is 2.10. The van der Waals surface area contributed by atoms with Gasteiger partial charge < -0.3 is 0 Å². The SMILES string of the molecule is Cc1cccc(C(=O)c2c(C)[nH]n(C)c2=O)c1. The molecule has 0 saturated carbocycles. The number of benzene rings is 1. The molecule has 1 heterocycles. The summed E-state index contributed by atoms with van der Waals surface area (Å²) >= 11 is 0. The monoisotopic (exact) mass is 230 g/mol. The Morgan fingerprint density at radius 3 is 2.53 bits per heavy atom. The van der Waals surface area contributed by atoms with Crippen molar-refractivity contribution in [2.75, 3.05) is 0 Å². The molecule has 0 aliphatic heterocycles. The first kappa shape index (κ1) is 11.4. The maximum absolute atomic E-state index is 12.2. The number of aryl methyl sites for hydroxylation is 3. The summed E-state index contributed by atoms with van der Waals surface area (Å²) in [6, 6.07) is 7.24. The first-order valence-electron chi connectivity index (χ1n) is 5.37. The quantitative estimate of drug-likeness (QED) is 0.796. The number of aromatic nitrogens is 2. The largest absolute Gasteiger partial charge is 0.299 e. The molecule has 2 rings (SSSR count). The Morgan fingerprint density at radius 1 is 1.29 bits per heavy atom. The van der Waals surface area contributed by atoms with Crippen LogP contribution in [0.1, 0.15) is 27.2 Å². The van der Waals surface area contributed by atoms with E-state index in [4.69, 9.17) is 0 Å². The van der Waals surface area contributed by atoms with E-state index < -0.39 is 0 Å². The summed E-state index contributed by atoms with van der Waals surface area (Å²) in [5.74, 6) is -0.229. The van der Waals surface area contributed by atoms with Crippen molar-refractivity contribution in [2.24, 2.45) is 7.05 Å². The fraction of sp³-hybridized carbons (Fsp3) is 0.231. The molecule has 4 nitrogen and oxygen atoms in total. The van der Waals surface area contributed by atoms with E-state index in [0.29, 0.717) is 11.3 Å². The molecule has 1 aromatic heterocycles. The lowest BCUT2D eigenvalue weighted by molar-refractivity contribution is 0.103. The molecular weight excluding hydrogens is 216 g/mol. The number of rotatable bonds is 2. The fourth-order valence-electron chi connectivity index (χ4n) is 1.88. The van der Waals surface area contributed by atoms with E-state index in [0.717, 1.165) is 5.56 Å². The molecule has 1 N–H and O–H groups in total. The zero-order valence-corrected chi connectivity index (χ0v) is 10.1. The highest BCUT2D eigenvalue weighted by atomic mass is 16.2. The van der Waals surface area contributed by atoms with Gasteiger partial charge in [-0.1, -0.05) is 23.8 Å². The standard InChI is InChI=1S/C13H14N2O2/c1-8-5-4-6-10(7-8)12(16)11-9(2)14-15(3)13(11)17/h4-7,14H,1-3H3. The minimum absolute atomic E-state index is 0.220. The molecule has 0 amide bonds. The van der Waals surface area contributed by atoms with E-state index in [-0.39, 0.29) is 16.9 Å². The van der Waals surface area contributed by atoms with Gasteiger partial charge >= 0.3 is 0 Å². The van der Waals surface area contributed by atoms with Crippen molar-refractivity contribution in [2.45, 2.75) is 13.8 Å². The molecule has 0 radical (unpaired) electrons. The average Bonchev–Trinajstić information content (AvgIpc) is 2.52. The maximum atomic E-state index is 12.2. The number of carbonyl (C=O) groups is 1. The van der Waals surface area contributed by atoms with E-state index in [1.54, 1.807) is 26.1 Å². The van der Waals surface area contributed by atoms with Gasteiger partial charge in [0, 0.05) is 18.3 Å². The molecule has 0 saturated heterocycles. The number of nitrogens with one attached hydrogen (secondary N) is 1. The van der Waals surface area contributed by atoms with Crippen molar-refractivity contribution < 1.29 is 4.79 Å². The minimum atomic E-state index is -0.283. The van der Waals surface area contributed by atoms with Gasteiger partial charge in [-0.2, -0.15) is 0 Å². The number of nitrogens with zero attached hydrogens (tertiary/aromatic N) is 1. The summed E-state index contributed by atoms with van der Waals surface area (Å²) in [6.07, 6.45) is 0. The van der Waals surface area contributed by atoms with Crippen molar-refractivity contribution in [3.8, 4) is 0 Å². The van der Waals surface area contributed by atoms with Crippen molar-refractivity contribution in [1.29, 1.82) is 0 Å². The average molecular weight is 230 g/mol. The van der Waals surface area contributed by atoms with E-state index in [2.05, 4.69) is 5.10 Å². The van der Waals surface area contributed by atoms with Gasteiger partial charge in [-0.15, -0.1) is 0 Å². The van der Waals surface area contributed by atoms with Gasteiger partial charge in [0.25, 0.3) is 5.56 Å². The normalized spacial score (nSPS) is 10.5. The van der Waals surface area contributed by atoms with Gasteiger partial charge in [-0.05, 0) is 19.9 Å². The molecular formula is C13H14N2O2. The minimum Gasteiger partial charge on any atom is -0.299 e. The van der Waals surface area contributed by atoms with E-state index in [1.165, 1.54) is 4.68 Å². The van der Waals surface area contributed by atoms with E-state index in [9.17, 15) is 9.59 Å². The zero-order valence-electron chi connectivity index (χ0n) is 10.1. The fourth-order valence-corrected chi connectivity index (χ4v) is 1.88. The van der Waals surface area contributed by atoms with Gasteiger partial charge in [-0.3, -0.25) is 19.4 Å². The number of hydrogen-bond acceptors (Lipinski definition) is 2. The van der Waals surface area contributed by atoms with Crippen molar-refractivity contribution in [3.63, 3.8) is 0 Å². The number of ketones is 1. The van der Waals surface area contributed by atoms with E-state index in [1.807, 2.05) is 19.1 Å². The summed E-state index contributed by atoms with van der Waals surface area (Å²) in [6.45, 7) is 3.64. The second kappa shape index (κ2) is 4.05. The van der Waals surface area contributed by atoms with Crippen LogP contribution >= 0.6 is 0 Å². The Kier molecular flexibility index (Phi) is 2.71. The molecule has 1 aromatic carbocycles. The van der Waals surface area contributed by atoms with Crippen LogP contribution in [0.25, 0.3) is 0 Å². The van der Waals surface area contributed by atoms with Gasteiger partial charge in [0.1, 0.15) is 5.56 Å². The summed E-state index contributed by atoms with van der Waals surface area (Å²) in [5, 5.41) is 2.82. The molecule has 0 spiro atoms. The Hall–Kier alpha value is -2.10. The van der Waals surface area contributed by atoms with Gasteiger partial charge in [0.05, 0.1) is 0 Å². The van der Waals surface area contributed by atoms with Crippen molar-refractivity contribution in [3.05, 3.63) is 57.0 Å². The van der Waals surface area contributed by atoms with Crippen LogP contribution in [0.15, 0.2) is 29.1 Å². The van der Waals surface area contributed by atoms with Crippen LogP contribution in [0.3, 0.4) is 0 Å². The van der Waals surface area contributed by atoms with Crippen LogP contribution in [0.5, 0.6) is 0 Å². The Balaban J connectivity index is 2.55. The molecule has 0 atom stereocenters. The van der Waals surface area contributed by atoms with Crippen LogP contribution in [0, 0.1) is 13.8 Å². The molecule has 88 valence electrons. The van der Waals surface area contributed by atoms with Gasteiger partial charge in [0.2, 0.25) is 0 Å². The predicted octanol–water partition coefficient (Wildman–Crippen LogP) is 1.56. The second-order valence-electron chi connectivity index (χ2n) is 4.17. The van der Waals surface area contributed by atoms with Crippen LogP contribution < -0.4 is 5.56 Å². The van der Waals surface area contributed by atoms with Gasteiger partial charge in [0.15, 0.2) is 5.78 Å². The molecule has 0 fully saturated rings. The highest BCUT2D eigenvalue weighted by molar-refractivity contribution is 6.09. The van der Waals surface area contributed by atoms with Crippen LogP contribution in [-0.2, 0) is 7.05 Å². The lowest BCUT2D eigenvalue weighted by atomic mass is 10.0. The van der Waals surface area contributed by atoms with Crippen molar-refractivity contribution >= 4 is 5.78 Å². The molecule has 0 aliphatic rings. The molecule has 2 aromatic rings.